The number of nitrogens with zero attached hydrogens (tertiary/aromatic N) is 2. The Morgan fingerprint density at radius 3 is 2.65 bits per heavy atom. The molecule has 6 heteroatoms. The van der Waals surface area contributed by atoms with E-state index in [4.69, 9.17) is 0 Å². The Balaban J connectivity index is 1.95. The van der Waals surface area contributed by atoms with Gasteiger partial charge in [-0.25, -0.2) is 4.98 Å². The van der Waals surface area contributed by atoms with Gasteiger partial charge in [-0.05, 0) is 50.8 Å². The van der Waals surface area contributed by atoms with Gasteiger partial charge in [-0.2, -0.15) is 0 Å². The first kappa shape index (κ1) is 17.4. The van der Waals surface area contributed by atoms with E-state index < -0.39 is 0 Å². The first-order valence-electron chi connectivity index (χ1n) is 7.38. The fourth-order valence-electron chi connectivity index (χ4n) is 1.91. The second-order valence-corrected chi connectivity index (χ2v) is 6.43. The fourth-order valence-corrected chi connectivity index (χ4v) is 2.29. The monoisotopic (exact) mass is 376 g/mol. The van der Waals surface area contributed by atoms with Crippen LogP contribution in [0.5, 0.6) is 0 Å². The van der Waals surface area contributed by atoms with E-state index in [-0.39, 0.29) is 5.91 Å². The van der Waals surface area contributed by atoms with Crippen molar-refractivity contribution in [2.45, 2.75) is 6.92 Å². The minimum atomic E-state index is -0.173. The van der Waals surface area contributed by atoms with E-state index in [1.165, 1.54) is 0 Å². The molecule has 0 unspecified atom stereocenters. The predicted molar refractivity (Wildman–Crippen MR) is 98.1 cm³/mol. The summed E-state index contributed by atoms with van der Waals surface area (Å²) in [6.07, 6.45) is 1.58. The maximum absolute atomic E-state index is 12.2. The highest BCUT2D eigenvalue weighted by atomic mass is 79.9. The summed E-state index contributed by atoms with van der Waals surface area (Å²) in [6.45, 7) is 3.73. The highest BCUT2D eigenvalue weighted by molar-refractivity contribution is 9.10. The smallest absolute Gasteiger partial charge is 0.257 e. The Hall–Kier alpha value is -1.92. The van der Waals surface area contributed by atoms with Crippen LogP contribution in [0.2, 0.25) is 0 Å². The van der Waals surface area contributed by atoms with Crippen molar-refractivity contribution in [2.24, 2.45) is 0 Å². The lowest BCUT2D eigenvalue weighted by atomic mass is 10.2. The van der Waals surface area contributed by atoms with Crippen molar-refractivity contribution in [3.8, 4) is 0 Å². The number of amides is 1. The summed E-state index contributed by atoms with van der Waals surface area (Å²) >= 11 is 3.46. The SMILES string of the molecule is Cc1ccc(NC(=O)c2ccc(NCCN(C)C)nc2)cc1Br. The van der Waals surface area contributed by atoms with Gasteiger partial charge in [-0.3, -0.25) is 4.79 Å². The van der Waals surface area contributed by atoms with Crippen molar-refractivity contribution in [1.82, 2.24) is 9.88 Å². The highest BCUT2D eigenvalue weighted by Crippen LogP contribution is 2.21. The largest absolute Gasteiger partial charge is 0.369 e. The van der Waals surface area contributed by atoms with Gasteiger partial charge in [0.2, 0.25) is 0 Å². The molecular formula is C17H21BrN4O. The average Bonchev–Trinajstić information content (AvgIpc) is 2.51. The molecule has 0 fully saturated rings. The summed E-state index contributed by atoms with van der Waals surface area (Å²) in [6, 6.07) is 9.30. The Labute approximate surface area is 145 Å². The molecule has 0 aliphatic rings. The predicted octanol–water partition coefficient (Wildman–Crippen LogP) is 3.38. The lowest BCUT2D eigenvalue weighted by molar-refractivity contribution is 0.102. The van der Waals surface area contributed by atoms with Crippen LogP contribution in [0.15, 0.2) is 41.0 Å². The van der Waals surface area contributed by atoms with Crippen LogP contribution in [0.1, 0.15) is 15.9 Å². The lowest BCUT2D eigenvalue weighted by Crippen LogP contribution is -2.21. The molecule has 2 aromatic rings. The second kappa shape index (κ2) is 8.08. The Bertz CT molecular complexity index is 671. The Morgan fingerprint density at radius 1 is 1.26 bits per heavy atom. The van der Waals surface area contributed by atoms with Crippen molar-refractivity contribution in [1.29, 1.82) is 0 Å². The molecule has 1 aromatic carbocycles. The first-order chi connectivity index (χ1) is 11.0. The molecule has 0 spiro atoms. The van der Waals surface area contributed by atoms with Gasteiger partial charge in [0.1, 0.15) is 5.82 Å². The molecule has 1 heterocycles. The number of carbonyl (C=O) groups is 1. The zero-order chi connectivity index (χ0) is 16.8. The standard InChI is InChI=1S/C17H21BrN4O/c1-12-4-6-14(10-15(12)18)21-17(23)13-5-7-16(20-11-13)19-8-9-22(2)3/h4-7,10-11H,8-9H2,1-3H3,(H,19,20)(H,21,23). The molecule has 2 N–H and O–H groups in total. The number of pyridine rings is 1. The van der Waals surface area contributed by atoms with Crippen LogP contribution < -0.4 is 10.6 Å². The van der Waals surface area contributed by atoms with E-state index >= 15 is 0 Å². The van der Waals surface area contributed by atoms with Gasteiger partial charge in [0.25, 0.3) is 5.91 Å². The maximum Gasteiger partial charge on any atom is 0.257 e. The van der Waals surface area contributed by atoms with Crippen LogP contribution in [0, 0.1) is 6.92 Å². The molecule has 0 aliphatic heterocycles. The topological polar surface area (TPSA) is 57.3 Å². The van der Waals surface area contributed by atoms with E-state index in [0.29, 0.717) is 5.56 Å². The number of likely N-dealkylation sites (N-methyl/N-ethyl adjacent to an activating group) is 1. The number of aromatic nitrogens is 1. The molecule has 23 heavy (non-hydrogen) atoms. The van der Waals surface area contributed by atoms with Gasteiger partial charge in [0.05, 0.1) is 5.56 Å². The number of nitrogens with one attached hydrogen (secondary N) is 2. The molecule has 0 atom stereocenters. The number of hydrogen-bond donors (Lipinski definition) is 2. The van der Waals surface area contributed by atoms with Crippen LogP contribution in [-0.2, 0) is 0 Å². The molecule has 0 aliphatic carbocycles. The summed E-state index contributed by atoms with van der Waals surface area (Å²) in [5.74, 6) is 0.592. The van der Waals surface area contributed by atoms with Crippen LogP contribution in [0.4, 0.5) is 11.5 Å². The Morgan fingerprint density at radius 2 is 2.04 bits per heavy atom. The third-order valence-corrected chi connectivity index (χ3v) is 4.17. The first-order valence-corrected chi connectivity index (χ1v) is 8.17. The van der Waals surface area contributed by atoms with Crippen LogP contribution in [0.25, 0.3) is 0 Å². The maximum atomic E-state index is 12.2. The van der Waals surface area contributed by atoms with Crippen molar-refractivity contribution >= 4 is 33.3 Å². The molecule has 0 saturated heterocycles. The van der Waals surface area contributed by atoms with E-state index in [2.05, 4.69) is 36.4 Å². The number of anilines is 2. The molecule has 1 aromatic heterocycles. The third-order valence-electron chi connectivity index (χ3n) is 3.32. The second-order valence-electron chi connectivity index (χ2n) is 5.58. The summed E-state index contributed by atoms with van der Waals surface area (Å²) in [5.41, 5.74) is 2.40. The fraction of sp³-hybridized carbons (Fsp3) is 0.294. The minimum absolute atomic E-state index is 0.173. The van der Waals surface area contributed by atoms with Crippen molar-refractivity contribution in [3.05, 3.63) is 52.1 Å². The molecule has 122 valence electrons. The normalized spacial score (nSPS) is 10.7. The van der Waals surface area contributed by atoms with Gasteiger partial charge in [-0.15, -0.1) is 0 Å². The third kappa shape index (κ3) is 5.33. The van der Waals surface area contributed by atoms with Crippen LogP contribution in [0.3, 0.4) is 0 Å². The summed E-state index contributed by atoms with van der Waals surface area (Å²) in [5, 5.41) is 6.08. The highest BCUT2D eigenvalue weighted by Gasteiger charge is 2.07. The quantitative estimate of drug-likeness (QED) is 0.811. The molecule has 5 nitrogen and oxygen atoms in total. The number of carbonyl (C=O) groups excluding carboxylic acids is 1. The molecular weight excluding hydrogens is 356 g/mol. The number of aryl methyl sites for hydroxylation is 1. The number of rotatable bonds is 6. The number of halogens is 1. The van der Waals surface area contributed by atoms with Gasteiger partial charge >= 0.3 is 0 Å². The van der Waals surface area contributed by atoms with Crippen LogP contribution >= 0.6 is 15.9 Å². The van der Waals surface area contributed by atoms with E-state index in [9.17, 15) is 4.79 Å². The van der Waals surface area contributed by atoms with Gasteiger partial charge in [0.15, 0.2) is 0 Å². The molecule has 1 amide bonds. The van der Waals surface area contributed by atoms with E-state index in [1.54, 1.807) is 12.3 Å². The van der Waals surface area contributed by atoms with E-state index in [0.717, 1.165) is 34.6 Å². The van der Waals surface area contributed by atoms with E-state index in [1.807, 2.05) is 45.3 Å². The van der Waals surface area contributed by atoms with Gasteiger partial charge in [0, 0.05) is 29.4 Å². The summed E-state index contributed by atoms with van der Waals surface area (Å²) < 4.78 is 0.967. The molecule has 2 rings (SSSR count). The Kier molecular flexibility index (Phi) is 6.12. The lowest BCUT2D eigenvalue weighted by Gasteiger charge is -2.11. The van der Waals surface area contributed by atoms with Gasteiger partial charge in [-0.1, -0.05) is 22.0 Å². The average molecular weight is 377 g/mol. The zero-order valence-corrected chi connectivity index (χ0v) is 15.1. The van der Waals surface area contributed by atoms with Crippen LogP contribution in [-0.4, -0.2) is 43.0 Å². The zero-order valence-electron chi connectivity index (χ0n) is 13.6. The van der Waals surface area contributed by atoms with Crippen molar-refractivity contribution < 1.29 is 4.79 Å². The minimum Gasteiger partial charge on any atom is -0.369 e. The van der Waals surface area contributed by atoms with Gasteiger partial charge < -0.3 is 15.5 Å². The molecule has 0 bridgehead atoms. The van der Waals surface area contributed by atoms with Crippen molar-refractivity contribution in [2.75, 3.05) is 37.8 Å². The van der Waals surface area contributed by atoms with Crippen molar-refractivity contribution in [3.63, 3.8) is 0 Å². The molecule has 0 radical (unpaired) electrons. The summed E-state index contributed by atoms with van der Waals surface area (Å²) in [7, 11) is 4.04. The summed E-state index contributed by atoms with van der Waals surface area (Å²) in [4.78, 5) is 18.6. The number of benzene rings is 1. The number of hydrogen-bond acceptors (Lipinski definition) is 4. The molecule has 0 saturated carbocycles.